The first-order chi connectivity index (χ1) is 11.7. The van der Waals surface area contributed by atoms with E-state index in [2.05, 4.69) is 20.8 Å². The monoisotopic (exact) mass is 472 g/mol. The molecule has 0 aliphatic rings. The van der Waals surface area contributed by atoms with Gasteiger partial charge in [0, 0.05) is 0 Å². The van der Waals surface area contributed by atoms with E-state index in [9.17, 15) is 22.0 Å². The summed E-state index contributed by atoms with van der Waals surface area (Å²) in [5.74, 6) is -2.94. The van der Waals surface area contributed by atoms with Crippen molar-refractivity contribution in [1.29, 1.82) is 0 Å². The zero-order valence-corrected chi connectivity index (χ0v) is 18.3. The van der Waals surface area contributed by atoms with Gasteiger partial charge >= 0.3 is 152 Å². The molecule has 0 aliphatic heterocycles. The summed E-state index contributed by atoms with van der Waals surface area (Å²) in [6.07, 6.45) is 0.825. The Morgan fingerprint density at radius 3 is 1.56 bits per heavy atom. The molecule has 1 aromatic carbocycles. The van der Waals surface area contributed by atoms with Crippen LogP contribution in [0.15, 0.2) is 12.1 Å². The van der Waals surface area contributed by atoms with E-state index in [4.69, 9.17) is 0 Å². The van der Waals surface area contributed by atoms with Gasteiger partial charge in [0.25, 0.3) is 0 Å². The fraction of sp³-hybridized carbons (Fsp3) is 0.684. The van der Waals surface area contributed by atoms with Crippen LogP contribution in [0.25, 0.3) is 0 Å². The topological polar surface area (TPSA) is 0 Å². The number of hydrogen-bond donors (Lipinski definition) is 0. The summed E-state index contributed by atoms with van der Waals surface area (Å²) in [5.41, 5.74) is -1.49. The van der Waals surface area contributed by atoms with Crippen molar-refractivity contribution in [1.82, 2.24) is 0 Å². The minimum absolute atomic E-state index is 0.329. The molecule has 0 bridgehead atoms. The Hall–Kier alpha value is -0.331. The van der Waals surface area contributed by atoms with E-state index in [1.54, 1.807) is 0 Å². The first-order valence-corrected chi connectivity index (χ1v) is 16.8. The van der Waals surface area contributed by atoms with Crippen LogP contribution in [0.3, 0.4) is 0 Å². The Bertz CT molecular complexity index is 518. The quantitative estimate of drug-likeness (QED) is 0.254. The van der Waals surface area contributed by atoms with E-state index in [0.29, 0.717) is 3.58 Å². The van der Waals surface area contributed by atoms with Gasteiger partial charge in [-0.15, -0.1) is 0 Å². The van der Waals surface area contributed by atoms with Crippen LogP contribution >= 0.6 is 0 Å². The molecule has 0 unspecified atom stereocenters. The molecule has 0 radical (unpaired) electrons. The van der Waals surface area contributed by atoms with E-state index in [-0.39, 0.29) is 0 Å². The molecule has 0 heterocycles. The van der Waals surface area contributed by atoms with Crippen LogP contribution in [0.2, 0.25) is 13.3 Å². The van der Waals surface area contributed by atoms with Crippen molar-refractivity contribution >= 4 is 22.0 Å². The van der Waals surface area contributed by atoms with Gasteiger partial charge in [-0.05, 0) is 0 Å². The van der Waals surface area contributed by atoms with E-state index >= 15 is 0 Å². The van der Waals surface area contributed by atoms with Crippen LogP contribution in [0.5, 0.6) is 0 Å². The molecule has 0 fully saturated rings. The van der Waals surface area contributed by atoms with Crippen molar-refractivity contribution in [3.05, 3.63) is 29.3 Å². The van der Waals surface area contributed by atoms with Gasteiger partial charge in [0.15, 0.2) is 0 Å². The second-order valence-corrected chi connectivity index (χ2v) is 20.0. The molecule has 0 saturated heterocycles. The molecule has 0 aliphatic carbocycles. The van der Waals surface area contributed by atoms with Gasteiger partial charge in [-0.3, -0.25) is 0 Å². The zero-order chi connectivity index (χ0) is 19.1. The van der Waals surface area contributed by atoms with Gasteiger partial charge in [-0.1, -0.05) is 0 Å². The average Bonchev–Trinajstić information content (AvgIpc) is 2.56. The van der Waals surface area contributed by atoms with Crippen LogP contribution in [0.1, 0.15) is 64.9 Å². The fourth-order valence-corrected chi connectivity index (χ4v) is 19.7. The van der Waals surface area contributed by atoms with Gasteiger partial charge in [0.1, 0.15) is 0 Å². The third-order valence-electron chi connectivity index (χ3n) is 4.99. The molecule has 1 aromatic rings. The average molecular weight is 471 g/mol. The third kappa shape index (κ3) is 5.83. The summed E-state index contributed by atoms with van der Waals surface area (Å²) < 4.78 is 70.5. The van der Waals surface area contributed by atoms with Crippen molar-refractivity contribution in [3.63, 3.8) is 0 Å². The molecule has 0 nitrogen and oxygen atoms in total. The Morgan fingerprint density at radius 2 is 1.20 bits per heavy atom. The number of halogens is 5. The van der Waals surface area contributed by atoms with Crippen LogP contribution in [0, 0.1) is 11.6 Å². The number of unbranched alkanes of at least 4 members (excludes halogenated alkanes) is 3. The summed E-state index contributed by atoms with van der Waals surface area (Å²) in [5, 5.41) is 0. The number of alkyl halides is 3. The predicted molar refractivity (Wildman–Crippen MR) is 95.9 cm³/mol. The molecule has 0 aromatic heterocycles. The minimum atomic E-state index is -4.86. The van der Waals surface area contributed by atoms with Crippen LogP contribution in [0.4, 0.5) is 22.0 Å². The second-order valence-electron chi connectivity index (χ2n) is 6.88. The normalized spacial score (nSPS) is 12.6. The maximum atomic E-state index is 14.7. The molecule has 6 heteroatoms. The summed E-state index contributed by atoms with van der Waals surface area (Å²) >= 11 is -3.29. The van der Waals surface area contributed by atoms with Gasteiger partial charge in [0.2, 0.25) is 0 Å². The van der Waals surface area contributed by atoms with Crippen LogP contribution in [-0.4, -0.2) is 18.4 Å². The molecule has 25 heavy (non-hydrogen) atoms. The Labute approximate surface area is 152 Å². The molecular formula is C19H29F5Sn. The predicted octanol–water partition coefficient (Wildman–Crippen LogP) is 7.04. The molecule has 0 spiro atoms. The molecule has 0 atom stereocenters. The van der Waals surface area contributed by atoms with Gasteiger partial charge in [0.05, 0.1) is 0 Å². The molecule has 1 rings (SSSR count). The Kier molecular flexibility index (Phi) is 9.19. The molecule has 144 valence electrons. The first kappa shape index (κ1) is 22.7. The zero-order valence-electron chi connectivity index (χ0n) is 15.4. The summed E-state index contributed by atoms with van der Waals surface area (Å²) in [6, 6.07) is 2.02. The van der Waals surface area contributed by atoms with Gasteiger partial charge in [-0.2, -0.15) is 0 Å². The van der Waals surface area contributed by atoms with Gasteiger partial charge < -0.3 is 0 Å². The third-order valence-corrected chi connectivity index (χ3v) is 20.6. The van der Waals surface area contributed by atoms with Crippen molar-refractivity contribution in [2.24, 2.45) is 0 Å². The van der Waals surface area contributed by atoms with Crippen LogP contribution < -0.4 is 3.58 Å². The molecule has 0 N–H and O–H groups in total. The van der Waals surface area contributed by atoms with E-state index in [1.807, 2.05) is 0 Å². The number of benzene rings is 1. The molecular weight excluding hydrogens is 442 g/mol. The Balaban J connectivity index is 3.43. The SMILES string of the molecule is CCC[CH2][Sn]([CH2]CCC)([CH2]CCC)[c]1ccc(C(F)(F)F)c(F)c1F. The van der Waals surface area contributed by atoms with Crippen molar-refractivity contribution in [2.45, 2.75) is 78.8 Å². The van der Waals surface area contributed by atoms with E-state index < -0.39 is 41.8 Å². The van der Waals surface area contributed by atoms with E-state index in [1.165, 1.54) is 6.07 Å². The van der Waals surface area contributed by atoms with Crippen LogP contribution in [-0.2, 0) is 6.18 Å². The molecule has 0 saturated carbocycles. The summed E-state index contributed by atoms with van der Waals surface area (Å²) in [6.45, 7) is 6.17. The first-order valence-electron chi connectivity index (χ1n) is 9.29. The summed E-state index contributed by atoms with van der Waals surface area (Å²) in [7, 11) is 0. The summed E-state index contributed by atoms with van der Waals surface area (Å²) in [4.78, 5) is 0. The standard InChI is InChI=1S/C7H2F5.3C4H9.Sn/c8-5-3-1-2-4(6(5)9)7(10,11)12;3*1-3-4-2;/h1-2H;3*1,3-4H2,2H3;. The number of hydrogen-bond acceptors (Lipinski definition) is 0. The number of rotatable bonds is 10. The van der Waals surface area contributed by atoms with Crippen molar-refractivity contribution in [3.8, 4) is 0 Å². The fourth-order valence-electron chi connectivity index (χ4n) is 3.50. The second kappa shape index (κ2) is 10.1. The van der Waals surface area contributed by atoms with Crippen molar-refractivity contribution < 1.29 is 22.0 Å². The van der Waals surface area contributed by atoms with Crippen molar-refractivity contribution in [2.75, 3.05) is 0 Å². The maximum absolute atomic E-state index is 14.7. The Morgan fingerprint density at radius 1 is 0.760 bits per heavy atom. The molecule has 0 amide bonds. The van der Waals surface area contributed by atoms with Gasteiger partial charge in [-0.25, -0.2) is 0 Å². The van der Waals surface area contributed by atoms with E-state index in [0.717, 1.165) is 57.9 Å².